The number of hydrogen-bond acceptors (Lipinski definition) is 7. The minimum absolute atomic E-state index is 0.0166. The van der Waals surface area contributed by atoms with Crippen molar-refractivity contribution in [2.75, 3.05) is 31.1 Å². The van der Waals surface area contributed by atoms with E-state index in [1.165, 1.54) is 12.1 Å². The molecule has 3 heterocycles. The maximum absolute atomic E-state index is 12.8. The van der Waals surface area contributed by atoms with Crippen LogP contribution >= 0.6 is 0 Å². The molecular weight excluding hydrogens is 374 g/mol. The molecule has 2 aromatic heterocycles. The summed E-state index contributed by atoms with van der Waals surface area (Å²) in [6, 6.07) is 11.8. The Kier molecular flexibility index (Phi) is 4.94. The fourth-order valence-corrected chi connectivity index (χ4v) is 3.36. The molecule has 9 nitrogen and oxygen atoms in total. The van der Waals surface area contributed by atoms with E-state index in [9.17, 15) is 14.9 Å². The average Bonchev–Trinajstić information content (AvgIpc) is 3.28. The number of carbonyl (C=O) groups excluding carboxylic acids is 1. The molecule has 4 rings (SSSR count). The monoisotopic (exact) mass is 393 g/mol. The summed E-state index contributed by atoms with van der Waals surface area (Å²) < 4.78 is 5.32. The summed E-state index contributed by atoms with van der Waals surface area (Å²) >= 11 is 0. The molecule has 3 aromatic rings. The van der Waals surface area contributed by atoms with Crippen molar-refractivity contribution in [1.82, 2.24) is 15.1 Å². The van der Waals surface area contributed by atoms with Crippen LogP contribution in [0.25, 0.3) is 11.5 Å². The van der Waals surface area contributed by atoms with Gasteiger partial charge < -0.3 is 14.2 Å². The predicted octanol–water partition coefficient (Wildman–Crippen LogP) is 2.92. The topological polar surface area (TPSA) is 106 Å². The van der Waals surface area contributed by atoms with Crippen molar-refractivity contribution in [3.63, 3.8) is 0 Å². The highest BCUT2D eigenvalue weighted by Gasteiger charge is 2.24. The number of aryl methyl sites for hydroxylation is 1. The van der Waals surface area contributed by atoms with Gasteiger partial charge in [0, 0.05) is 43.4 Å². The highest BCUT2D eigenvalue weighted by atomic mass is 16.6. The molecule has 29 heavy (non-hydrogen) atoms. The van der Waals surface area contributed by atoms with E-state index < -0.39 is 4.92 Å². The minimum atomic E-state index is -0.444. The molecule has 1 fully saturated rings. The van der Waals surface area contributed by atoms with Gasteiger partial charge in [-0.2, -0.15) is 0 Å². The Labute approximate surface area is 166 Å². The number of aromatic nitrogens is 2. The summed E-state index contributed by atoms with van der Waals surface area (Å²) in [6.07, 6.45) is 1.59. The lowest BCUT2D eigenvalue weighted by Crippen LogP contribution is -2.49. The number of hydrogen-bond donors (Lipinski definition) is 0. The SMILES string of the molecule is Cc1cc(C(=O)N2CCN(c3ccc(-c4ccco4)nn3)CC2)ccc1[N+](=O)[O-]. The number of nitrogens with zero attached hydrogens (tertiary/aromatic N) is 5. The third kappa shape index (κ3) is 3.79. The normalized spacial score (nSPS) is 14.1. The zero-order chi connectivity index (χ0) is 20.4. The maximum atomic E-state index is 12.8. The zero-order valence-corrected chi connectivity index (χ0v) is 15.8. The first kappa shape index (κ1) is 18.6. The van der Waals surface area contributed by atoms with Gasteiger partial charge in [0.15, 0.2) is 11.6 Å². The molecule has 1 saturated heterocycles. The van der Waals surface area contributed by atoms with Crippen molar-refractivity contribution in [1.29, 1.82) is 0 Å². The van der Waals surface area contributed by atoms with Crippen LogP contribution in [0, 0.1) is 17.0 Å². The number of piperazine rings is 1. The third-order valence-corrected chi connectivity index (χ3v) is 4.96. The lowest BCUT2D eigenvalue weighted by Gasteiger charge is -2.35. The van der Waals surface area contributed by atoms with Gasteiger partial charge in [-0.05, 0) is 43.3 Å². The van der Waals surface area contributed by atoms with Gasteiger partial charge in [-0.15, -0.1) is 10.2 Å². The molecule has 0 radical (unpaired) electrons. The van der Waals surface area contributed by atoms with Crippen LogP contribution in [0.1, 0.15) is 15.9 Å². The Morgan fingerprint density at radius 2 is 1.90 bits per heavy atom. The van der Waals surface area contributed by atoms with E-state index in [-0.39, 0.29) is 11.6 Å². The first-order valence-corrected chi connectivity index (χ1v) is 9.20. The van der Waals surface area contributed by atoms with Crippen molar-refractivity contribution in [2.24, 2.45) is 0 Å². The van der Waals surface area contributed by atoms with E-state index in [4.69, 9.17) is 4.42 Å². The molecule has 0 aliphatic carbocycles. The van der Waals surface area contributed by atoms with Crippen LogP contribution in [-0.2, 0) is 0 Å². The average molecular weight is 393 g/mol. The lowest BCUT2D eigenvalue weighted by atomic mass is 10.1. The molecule has 1 aliphatic heterocycles. The second-order valence-electron chi connectivity index (χ2n) is 6.79. The van der Waals surface area contributed by atoms with Crippen LogP contribution in [0.5, 0.6) is 0 Å². The zero-order valence-electron chi connectivity index (χ0n) is 15.8. The molecule has 0 N–H and O–H groups in total. The van der Waals surface area contributed by atoms with Gasteiger partial charge >= 0.3 is 0 Å². The second-order valence-corrected chi connectivity index (χ2v) is 6.79. The Morgan fingerprint density at radius 1 is 1.10 bits per heavy atom. The van der Waals surface area contributed by atoms with E-state index in [0.29, 0.717) is 48.8 Å². The van der Waals surface area contributed by atoms with Crippen LogP contribution in [0.3, 0.4) is 0 Å². The van der Waals surface area contributed by atoms with Crippen LogP contribution in [0.15, 0.2) is 53.1 Å². The summed E-state index contributed by atoms with van der Waals surface area (Å²) in [5, 5.41) is 19.4. The smallest absolute Gasteiger partial charge is 0.272 e. The van der Waals surface area contributed by atoms with Gasteiger partial charge in [-0.1, -0.05) is 0 Å². The fraction of sp³-hybridized carbons (Fsp3) is 0.250. The first-order chi connectivity index (χ1) is 14.0. The van der Waals surface area contributed by atoms with Gasteiger partial charge in [-0.25, -0.2) is 0 Å². The summed E-state index contributed by atoms with van der Waals surface area (Å²) in [4.78, 5) is 27.1. The van der Waals surface area contributed by atoms with E-state index in [0.717, 1.165) is 5.82 Å². The van der Waals surface area contributed by atoms with Gasteiger partial charge in [0.05, 0.1) is 11.2 Å². The lowest BCUT2D eigenvalue weighted by molar-refractivity contribution is -0.385. The molecule has 0 unspecified atom stereocenters. The van der Waals surface area contributed by atoms with Crippen molar-refractivity contribution in [2.45, 2.75) is 6.92 Å². The van der Waals surface area contributed by atoms with Crippen LogP contribution in [0.2, 0.25) is 0 Å². The Morgan fingerprint density at radius 3 is 2.48 bits per heavy atom. The van der Waals surface area contributed by atoms with Crippen molar-refractivity contribution in [3.8, 4) is 11.5 Å². The van der Waals surface area contributed by atoms with Crippen molar-refractivity contribution >= 4 is 17.4 Å². The van der Waals surface area contributed by atoms with Gasteiger partial charge in [0.1, 0.15) is 5.69 Å². The molecule has 1 aromatic carbocycles. The quantitative estimate of drug-likeness (QED) is 0.496. The number of anilines is 1. The summed E-state index contributed by atoms with van der Waals surface area (Å²) in [5.74, 6) is 1.29. The fourth-order valence-electron chi connectivity index (χ4n) is 3.36. The minimum Gasteiger partial charge on any atom is -0.463 e. The first-order valence-electron chi connectivity index (χ1n) is 9.20. The van der Waals surface area contributed by atoms with Crippen molar-refractivity contribution in [3.05, 3.63) is 70.0 Å². The molecule has 0 atom stereocenters. The summed E-state index contributed by atoms with van der Waals surface area (Å²) in [5.41, 5.74) is 1.62. The summed E-state index contributed by atoms with van der Waals surface area (Å²) in [7, 11) is 0. The van der Waals surface area contributed by atoms with E-state index in [1.807, 2.05) is 18.2 Å². The number of nitro groups is 1. The largest absolute Gasteiger partial charge is 0.463 e. The predicted molar refractivity (Wildman–Crippen MR) is 106 cm³/mol. The highest BCUT2D eigenvalue weighted by Crippen LogP contribution is 2.22. The van der Waals surface area contributed by atoms with Crippen molar-refractivity contribution < 1.29 is 14.1 Å². The van der Waals surface area contributed by atoms with E-state index >= 15 is 0 Å². The second kappa shape index (κ2) is 7.70. The molecule has 9 heteroatoms. The molecule has 0 saturated carbocycles. The van der Waals surface area contributed by atoms with E-state index in [1.54, 1.807) is 30.2 Å². The van der Waals surface area contributed by atoms with Gasteiger partial charge in [-0.3, -0.25) is 14.9 Å². The van der Waals surface area contributed by atoms with Crippen LogP contribution in [0.4, 0.5) is 11.5 Å². The number of amides is 1. The third-order valence-electron chi connectivity index (χ3n) is 4.96. The molecule has 148 valence electrons. The number of nitro benzene ring substituents is 1. The van der Waals surface area contributed by atoms with Crippen LogP contribution < -0.4 is 4.90 Å². The Bertz CT molecular complexity index is 1030. The highest BCUT2D eigenvalue weighted by molar-refractivity contribution is 5.95. The molecule has 0 bridgehead atoms. The Balaban J connectivity index is 1.39. The number of carbonyl (C=O) groups is 1. The molecule has 1 aliphatic rings. The number of furan rings is 1. The molecular formula is C20H19N5O4. The summed E-state index contributed by atoms with van der Waals surface area (Å²) in [6.45, 7) is 3.98. The molecule has 0 spiro atoms. The number of rotatable bonds is 4. The molecule has 1 amide bonds. The number of benzene rings is 1. The van der Waals surface area contributed by atoms with Gasteiger partial charge in [0.2, 0.25) is 0 Å². The standard InChI is InChI=1S/C20H19N5O4/c1-14-13-15(4-6-17(14)25(27)28)20(26)24-10-8-23(9-11-24)19-7-5-16(21-22-19)18-3-2-12-29-18/h2-7,12-13H,8-11H2,1H3. The van der Waals surface area contributed by atoms with Crippen LogP contribution in [-0.4, -0.2) is 52.1 Å². The van der Waals surface area contributed by atoms with Gasteiger partial charge in [0.25, 0.3) is 11.6 Å². The Hall–Kier alpha value is -3.75. The van der Waals surface area contributed by atoms with E-state index in [2.05, 4.69) is 15.1 Å². The maximum Gasteiger partial charge on any atom is 0.272 e.